The van der Waals surface area contributed by atoms with Crippen LogP contribution in [0.1, 0.15) is 19.3 Å². The zero-order chi connectivity index (χ0) is 11.0. The largest absolute Gasteiger partial charge is 0.480 e. The molecule has 0 rings (SSSR count). The number of aliphatic carboxylic acids is 2. The van der Waals surface area contributed by atoms with Gasteiger partial charge in [-0.05, 0) is 19.4 Å². The summed E-state index contributed by atoms with van der Waals surface area (Å²) in [4.78, 5) is 20.4. The average molecular weight is 204 g/mol. The summed E-state index contributed by atoms with van der Waals surface area (Å²) in [5, 5.41) is 19.4. The fourth-order valence-corrected chi connectivity index (χ4v) is 0.933. The number of hydrogen-bond acceptors (Lipinski definition) is 4. The Morgan fingerprint density at radius 1 is 1.29 bits per heavy atom. The first-order valence-corrected chi connectivity index (χ1v) is 4.45. The van der Waals surface area contributed by atoms with Crippen LogP contribution in [0.5, 0.6) is 0 Å². The topological polar surface area (TPSA) is 113 Å². The summed E-state index contributed by atoms with van der Waals surface area (Å²) in [5.41, 5.74) is 5.27. The predicted octanol–water partition coefficient (Wildman–Crippen LogP) is -0.757. The lowest BCUT2D eigenvalue weighted by Gasteiger charge is -2.05. The monoisotopic (exact) mass is 204 g/mol. The summed E-state index contributed by atoms with van der Waals surface area (Å²) in [6.07, 6.45) is 1.83. The van der Waals surface area contributed by atoms with E-state index in [1.165, 1.54) is 0 Å². The molecule has 82 valence electrons. The van der Waals surface area contributed by atoms with Crippen LogP contribution in [0.4, 0.5) is 0 Å². The van der Waals surface area contributed by atoms with Crippen molar-refractivity contribution >= 4 is 11.9 Å². The Kier molecular flexibility index (Phi) is 6.69. The number of nitrogens with two attached hydrogens (primary N) is 1. The fraction of sp³-hybridized carbons (Fsp3) is 0.750. The molecular formula is C8H16N2O4. The Hall–Kier alpha value is -1.14. The van der Waals surface area contributed by atoms with Crippen molar-refractivity contribution in [2.45, 2.75) is 25.3 Å². The Balaban J connectivity index is 3.21. The maximum atomic E-state index is 10.3. The van der Waals surface area contributed by atoms with E-state index in [0.29, 0.717) is 19.4 Å². The van der Waals surface area contributed by atoms with Crippen LogP contribution in [0, 0.1) is 0 Å². The second-order valence-corrected chi connectivity index (χ2v) is 3.01. The molecule has 5 N–H and O–H groups in total. The molecule has 0 aromatic carbocycles. The Morgan fingerprint density at radius 3 is 2.43 bits per heavy atom. The summed E-state index contributed by atoms with van der Waals surface area (Å²) in [5.74, 6) is -1.89. The Morgan fingerprint density at radius 2 is 1.93 bits per heavy atom. The maximum Gasteiger partial charge on any atom is 0.320 e. The molecule has 0 radical (unpaired) electrons. The third-order valence-corrected chi connectivity index (χ3v) is 1.71. The molecule has 0 unspecified atom stereocenters. The van der Waals surface area contributed by atoms with Crippen molar-refractivity contribution in [3.63, 3.8) is 0 Å². The molecule has 0 saturated carbocycles. The average Bonchev–Trinajstić information content (AvgIpc) is 2.09. The molecule has 0 heterocycles. The SMILES string of the molecule is N[C@H](CCCCNCC(=O)O)C(=O)O. The van der Waals surface area contributed by atoms with Gasteiger partial charge in [-0.1, -0.05) is 6.42 Å². The van der Waals surface area contributed by atoms with Crippen LogP contribution in [-0.2, 0) is 9.59 Å². The van der Waals surface area contributed by atoms with E-state index in [1.807, 2.05) is 0 Å². The van der Waals surface area contributed by atoms with Crippen LogP contribution in [0.15, 0.2) is 0 Å². The number of nitrogens with one attached hydrogen (secondary N) is 1. The van der Waals surface area contributed by atoms with Crippen LogP contribution in [0.25, 0.3) is 0 Å². The Bertz CT molecular complexity index is 196. The minimum absolute atomic E-state index is 0.0645. The van der Waals surface area contributed by atoms with Gasteiger partial charge < -0.3 is 21.3 Å². The zero-order valence-electron chi connectivity index (χ0n) is 7.90. The van der Waals surface area contributed by atoms with Crippen molar-refractivity contribution in [1.82, 2.24) is 5.32 Å². The van der Waals surface area contributed by atoms with Crippen molar-refractivity contribution in [1.29, 1.82) is 0 Å². The zero-order valence-corrected chi connectivity index (χ0v) is 7.90. The van der Waals surface area contributed by atoms with Gasteiger partial charge in [-0.3, -0.25) is 9.59 Å². The first kappa shape index (κ1) is 12.9. The van der Waals surface area contributed by atoms with Crippen LogP contribution in [-0.4, -0.2) is 41.3 Å². The molecule has 0 fully saturated rings. The van der Waals surface area contributed by atoms with Gasteiger partial charge in [0.2, 0.25) is 0 Å². The Labute approximate surface area is 82.1 Å². The minimum Gasteiger partial charge on any atom is -0.480 e. The molecule has 0 bridgehead atoms. The number of carboxylic acid groups (broad SMARTS) is 2. The van der Waals surface area contributed by atoms with Gasteiger partial charge >= 0.3 is 11.9 Å². The van der Waals surface area contributed by atoms with Crippen molar-refractivity contribution in [3.8, 4) is 0 Å². The molecule has 6 nitrogen and oxygen atoms in total. The molecule has 0 amide bonds. The third kappa shape index (κ3) is 7.51. The molecule has 0 aromatic rings. The van der Waals surface area contributed by atoms with E-state index in [9.17, 15) is 9.59 Å². The molecule has 0 aliphatic rings. The number of carbonyl (C=O) groups is 2. The summed E-state index contributed by atoms with van der Waals surface area (Å²) in [6, 6.07) is -0.811. The van der Waals surface area contributed by atoms with Gasteiger partial charge in [0.15, 0.2) is 0 Å². The van der Waals surface area contributed by atoms with E-state index < -0.39 is 18.0 Å². The first-order valence-electron chi connectivity index (χ1n) is 4.45. The minimum atomic E-state index is -0.997. The van der Waals surface area contributed by atoms with Crippen molar-refractivity contribution in [3.05, 3.63) is 0 Å². The molecule has 0 spiro atoms. The van der Waals surface area contributed by atoms with Crippen molar-refractivity contribution < 1.29 is 19.8 Å². The van der Waals surface area contributed by atoms with Gasteiger partial charge in [-0.25, -0.2) is 0 Å². The van der Waals surface area contributed by atoms with E-state index in [-0.39, 0.29) is 6.54 Å². The highest BCUT2D eigenvalue weighted by Crippen LogP contribution is 1.97. The molecule has 14 heavy (non-hydrogen) atoms. The number of hydrogen-bond donors (Lipinski definition) is 4. The van der Waals surface area contributed by atoms with Gasteiger partial charge in [0.05, 0.1) is 6.54 Å². The molecule has 0 aromatic heterocycles. The summed E-state index contributed by atoms with van der Waals surface area (Å²) >= 11 is 0. The highest BCUT2D eigenvalue weighted by Gasteiger charge is 2.09. The van der Waals surface area contributed by atoms with Gasteiger partial charge in [-0.15, -0.1) is 0 Å². The molecular weight excluding hydrogens is 188 g/mol. The standard InChI is InChI=1S/C8H16N2O4/c9-6(8(13)14)3-1-2-4-10-5-7(11)12/h6,10H,1-5,9H2,(H,11,12)(H,13,14)/t6-/m1/s1. The van der Waals surface area contributed by atoms with E-state index in [0.717, 1.165) is 6.42 Å². The third-order valence-electron chi connectivity index (χ3n) is 1.71. The first-order chi connectivity index (χ1) is 6.54. The predicted molar refractivity (Wildman–Crippen MR) is 50.0 cm³/mol. The number of unbranched alkanes of at least 4 members (excludes halogenated alkanes) is 1. The van der Waals surface area contributed by atoms with Gasteiger partial charge in [0.25, 0.3) is 0 Å². The molecule has 0 aliphatic carbocycles. The van der Waals surface area contributed by atoms with Crippen LogP contribution in [0.3, 0.4) is 0 Å². The van der Waals surface area contributed by atoms with Gasteiger partial charge in [0.1, 0.15) is 6.04 Å². The maximum absolute atomic E-state index is 10.3. The summed E-state index contributed by atoms with van der Waals surface area (Å²) < 4.78 is 0. The molecule has 6 heteroatoms. The molecule has 1 atom stereocenters. The number of rotatable bonds is 8. The smallest absolute Gasteiger partial charge is 0.320 e. The van der Waals surface area contributed by atoms with E-state index in [2.05, 4.69) is 5.32 Å². The highest BCUT2D eigenvalue weighted by atomic mass is 16.4. The summed E-state index contributed by atoms with van der Waals surface area (Å²) in [7, 11) is 0. The van der Waals surface area contributed by atoms with E-state index in [4.69, 9.17) is 15.9 Å². The van der Waals surface area contributed by atoms with Crippen LogP contribution >= 0.6 is 0 Å². The van der Waals surface area contributed by atoms with Crippen LogP contribution in [0.2, 0.25) is 0 Å². The van der Waals surface area contributed by atoms with Gasteiger partial charge in [0, 0.05) is 0 Å². The van der Waals surface area contributed by atoms with E-state index >= 15 is 0 Å². The van der Waals surface area contributed by atoms with Crippen molar-refractivity contribution in [2.75, 3.05) is 13.1 Å². The second kappa shape index (κ2) is 7.28. The quantitative estimate of drug-likeness (QED) is 0.387. The number of carboxylic acids is 2. The van der Waals surface area contributed by atoms with Gasteiger partial charge in [-0.2, -0.15) is 0 Å². The lowest BCUT2D eigenvalue weighted by Crippen LogP contribution is -2.30. The molecule has 0 aliphatic heterocycles. The fourth-order valence-electron chi connectivity index (χ4n) is 0.933. The second-order valence-electron chi connectivity index (χ2n) is 3.01. The lowest BCUT2D eigenvalue weighted by atomic mass is 10.1. The van der Waals surface area contributed by atoms with Crippen molar-refractivity contribution in [2.24, 2.45) is 5.73 Å². The normalized spacial score (nSPS) is 12.4. The lowest BCUT2D eigenvalue weighted by molar-refractivity contribution is -0.138. The van der Waals surface area contributed by atoms with E-state index in [1.54, 1.807) is 0 Å². The summed E-state index contributed by atoms with van der Waals surface area (Å²) in [6.45, 7) is 0.504. The van der Waals surface area contributed by atoms with Crippen LogP contribution < -0.4 is 11.1 Å². The molecule has 0 saturated heterocycles. The highest BCUT2D eigenvalue weighted by molar-refractivity contribution is 5.72.